The number of aromatic hydroxyl groups is 1. The van der Waals surface area contributed by atoms with Crippen molar-refractivity contribution in [3.63, 3.8) is 0 Å². The van der Waals surface area contributed by atoms with Crippen molar-refractivity contribution in [2.24, 2.45) is 11.8 Å². The number of nitrogens with zero attached hydrogens (tertiary/aromatic N) is 3. The number of imide groups is 1. The van der Waals surface area contributed by atoms with Crippen LogP contribution in [-0.2, 0) is 16.8 Å². The fraction of sp³-hybridized carbons (Fsp3) is 0.562. The molecule has 0 aromatic heterocycles. The van der Waals surface area contributed by atoms with Crippen LogP contribution in [-0.4, -0.2) is 73.7 Å². The summed E-state index contributed by atoms with van der Waals surface area (Å²) in [6, 6.07) is 11.9. The zero-order valence-electron chi connectivity index (χ0n) is 24.3. The first-order valence-electron chi connectivity index (χ1n) is 14.9. The normalized spacial score (nSPS) is 32.1. The molecule has 9 nitrogen and oxygen atoms in total. The summed E-state index contributed by atoms with van der Waals surface area (Å²) in [5.74, 6) is 6.38. The van der Waals surface area contributed by atoms with E-state index in [0.29, 0.717) is 43.9 Å². The lowest BCUT2D eigenvalue weighted by Crippen LogP contribution is -2.74. The van der Waals surface area contributed by atoms with Crippen LogP contribution in [0.2, 0.25) is 0 Å². The number of rotatable bonds is 7. The number of carbonyl (C=O) groups is 2. The Hall–Kier alpha value is -3.14. The van der Waals surface area contributed by atoms with Gasteiger partial charge in [0.05, 0.1) is 12.1 Å². The molecule has 4 N–H and O–H groups in total. The number of nitrogens with two attached hydrogens (primary N) is 1. The standard InChI is InChI=1S/C32H42N4O5/c1-4-36-29(39)35(19-24-8-11-26(41-33)12-9-24)28(38)31(36)13-14-32(40)22(3)34(18-23-6-7-23)16-15-30(32,20-31)27-17-25(37)10-5-21(27)2/h5,8-12,17,22-23,37,40H,4,6-7,13-16,18-20,33H2,1-3H3/t22-,30-,31+,32-/m1/s1. The number of amides is 3. The fourth-order valence-electron chi connectivity index (χ4n) is 8.22. The molecule has 4 atom stereocenters. The molecule has 2 aliphatic heterocycles. The number of fused-ring (bicyclic) bond motifs is 1. The maximum atomic E-state index is 14.5. The zero-order chi connectivity index (χ0) is 29.2. The van der Waals surface area contributed by atoms with E-state index in [1.54, 1.807) is 41.3 Å². The lowest BCUT2D eigenvalue weighted by Gasteiger charge is -2.63. The van der Waals surface area contributed by atoms with Gasteiger partial charge < -0.3 is 20.0 Å². The lowest BCUT2D eigenvalue weighted by molar-refractivity contribution is -0.180. The van der Waals surface area contributed by atoms with E-state index in [9.17, 15) is 19.8 Å². The summed E-state index contributed by atoms with van der Waals surface area (Å²) >= 11 is 0. The second-order valence-corrected chi connectivity index (χ2v) is 12.8. The lowest BCUT2D eigenvalue weighted by atomic mass is 9.49. The molecule has 41 heavy (non-hydrogen) atoms. The molecule has 6 rings (SSSR count). The highest BCUT2D eigenvalue weighted by atomic mass is 16.6. The molecule has 2 aromatic carbocycles. The predicted molar refractivity (Wildman–Crippen MR) is 154 cm³/mol. The number of carbonyl (C=O) groups excluding carboxylic acids is 2. The van der Waals surface area contributed by atoms with E-state index < -0.39 is 16.6 Å². The summed E-state index contributed by atoms with van der Waals surface area (Å²) in [6.07, 6.45) is 4.21. The van der Waals surface area contributed by atoms with E-state index in [1.807, 2.05) is 19.9 Å². The third-order valence-corrected chi connectivity index (χ3v) is 10.7. The van der Waals surface area contributed by atoms with Gasteiger partial charge in [0.15, 0.2) is 0 Å². The molecule has 0 unspecified atom stereocenters. The average Bonchev–Trinajstić information content (AvgIpc) is 3.77. The van der Waals surface area contributed by atoms with Gasteiger partial charge in [0.1, 0.15) is 17.0 Å². The minimum atomic E-state index is -1.13. The Kier molecular flexibility index (Phi) is 6.83. The highest BCUT2D eigenvalue weighted by molar-refractivity contribution is 6.07. The second kappa shape index (κ2) is 10.00. The van der Waals surface area contributed by atoms with Gasteiger partial charge in [0.2, 0.25) is 0 Å². The molecule has 2 saturated carbocycles. The highest BCUT2D eigenvalue weighted by Gasteiger charge is 2.70. The molecule has 0 bridgehead atoms. The van der Waals surface area contributed by atoms with E-state index in [2.05, 4.69) is 11.8 Å². The number of hydrogen-bond donors (Lipinski definition) is 3. The van der Waals surface area contributed by atoms with Crippen LogP contribution in [0.25, 0.3) is 0 Å². The number of hydrogen-bond acceptors (Lipinski definition) is 7. The highest BCUT2D eigenvalue weighted by Crippen LogP contribution is 2.60. The molecular formula is C32H42N4O5. The number of phenolic OH excluding ortho intramolecular Hbond substituents is 1. The van der Waals surface area contributed by atoms with Crippen molar-refractivity contribution in [3.05, 3.63) is 59.2 Å². The minimum absolute atomic E-state index is 0.127. The number of aliphatic hydroxyl groups is 1. The van der Waals surface area contributed by atoms with Crippen molar-refractivity contribution in [1.82, 2.24) is 14.7 Å². The minimum Gasteiger partial charge on any atom is -0.508 e. The molecule has 4 aliphatic rings. The Morgan fingerprint density at radius 2 is 1.80 bits per heavy atom. The first-order valence-corrected chi connectivity index (χ1v) is 14.9. The number of piperidine rings is 1. The predicted octanol–water partition coefficient (Wildman–Crippen LogP) is 3.83. The smallest absolute Gasteiger partial charge is 0.327 e. The Labute approximate surface area is 241 Å². The van der Waals surface area contributed by atoms with Crippen LogP contribution in [0.15, 0.2) is 42.5 Å². The number of aryl methyl sites for hydroxylation is 1. The monoisotopic (exact) mass is 562 g/mol. The fourth-order valence-corrected chi connectivity index (χ4v) is 8.22. The Bertz CT molecular complexity index is 1350. The van der Waals surface area contributed by atoms with Gasteiger partial charge in [0, 0.05) is 24.5 Å². The van der Waals surface area contributed by atoms with Crippen molar-refractivity contribution in [3.8, 4) is 11.5 Å². The maximum Gasteiger partial charge on any atom is 0.327 e. The van der Waals surface area contributed by atoms with E-state index >= 15 is 0 Å². The van der Waals surface area contributed by atoms with Crippen molar-refractivity contribution in [2.45, 2.75) is 88.4 Å². The third kappa shape index (κ3) is 4.23. The first-order chi connectivity index (χ1) is 19.6. The summed E-state index contributed by atoms with van der Waals surface area (Å²) in [5, 5.41) is 23.4. The molecule has 2 aliphatic carbocycles. The summed E-state index contributed by atoms with van der Waals surface area (Å²) in [5.41, 5.74) is -0.364. The molecule has 2 aromatic rings. The van der Waals surface area contributed by atoms with Gasteiger partial charge in [-0.25, -0.2) is 4.79 Å². The van der Waals surface area contributed by atoms with Gasteiger partial charge >= 0.3 is 6.03 Å². The average molecular weight is 563 g/mol. The molecule has 4 fully saturated rings. The number of likely N-dealkylation sites (N-methyl/N-ethyl adjacent to an activating group) is 1. The Morgan fingerprint density at radius 1 is 1.07 bits per heavy atom. The number of urea groups is 1. The van der Waals surface area contributed by atoms with Crippen LogP contribution in [0, 0.1) is 12.8 Å². The molecule has 2 heterocycles. The van der Waals surface area contributed by atoms with Gasteiger partial charge in [-0.2, -0.15) is 5.90 Å². The molecular weight excluding hydrogens is 520 g/mol. The quantitative estimate of drug-likeness (QED) is 0.347. The van der Waals surface area contributed by atoms with Crippen LogP contribution >= 0.6 is 0 Å². The van der Waals surface area contributed by atoms with E-state index in [-0.39, 0.29) is 30.3 Å². The van der Waals surface area contributed by atoms with E-state index in [0.717, 1.165) is 29.8 Å². The Balaban J connectivity index is 1.42. The third-order valence-electron chi connectivity index (χ3n) is 10.7. The van der Waals surface area contributed by atoms with Crippen molar-refractivity contribution in [2.75, 3.05) is 19.6 Å². The summed E-state index contributed by atoms with van der Waals surface area (Å²) in [7, 11) is 0. The van der Waals surface area contributed by atoms with Gasteiger partial charge in [-0.1, -0.05) is 18.2 Å². The summed E-state index contributed by atoms with van der Waals surface area (Å²) < 4.78 is 0. The molecule has 0 radical (unpaired) electrons. The second-order valence-electron chi connectivity index (χ2n) is 12.8. The number of phenols is 1. The molecule has 1 spiro atoms. The largest absolute Gasteiger partial charge is 0.508 e. The van der Waals surface area contributed by atoms with Crippen molar-refractivity contribution >= 4 is 11.9 Å². The van der Waals surface area contributed by atoms with Crippen LogP contribution in [0.3, 0.4) is 0 Å². The van der Waals surface area contributed by atoms with Gasteiger partial charge in [0.25, 0.3) is 5.91 Å². The maximum absolute atomic E-state index is 14.5. The Morgan fingerprint density at radius 3 is 2.46 bits per heavy atom. The van der Waals surface area contributed by atoms with E-state index in [4.69, 9.17) is 10.7 Å². The van der Waals surface area contributed by atoms with Crippen LogP contribution in [0.4, 0.5) is 4.79 Å². The van der Waals surface area contributed by atoms with Crippen LogP contribution in [0.5, 0.6) is 11.5 Å². The first kappa shape index (κ1) is 28.0. The van der Waals surface area contributed by atoms with Crippen LogP contribution < -0.4 is 10.7 Å². The molecule has 3 amide bonds. The zero-order valence-corrected chi connectivity index (χ0v) is 24.3. The molecule has 220 valence electrons. The number of benzene rings is 2. The number of likely N-dealkylation sites (tertiary alicyclic amines) is 1. The topological polar surface area (TPSA) is 120 Å². The van der Waals surface area contributed by atoms with Gasteiger partial charge in [-0.05, 0) is 113 Å². The van der Waals surface area contributed by atoms with Crippen LogP contribution in [0.1, 0.15) is 69.1 Å². The molecule has 2 saturated heterocycles. The summed E-state index contributed by atoms with van der Waals surface area (Å²) in [4.78, 5) is 38.6. The van der Waals surface area contributed by atoms with Gasteiger partial charge in [-0.3, -0.25) is 14.6 Å². The van der Waals surface area contributed by atoms with Crippen molar-refractivity contribution in [1.29, 1.82) is 0 Å². The SMILES string of the molecule is CCN1C(=O)N(Cc2ccc(ON)cc2)C(=O)[C@@]12CC[C@@]1(O)[C@@H](C)N(CC3CC3)CC[C@]1(c1cc(O)ccc1C)C2. The van der Waals surface area contributed by atoms with Gasteiger partial charge in [-0.15, -0.1) is 0 Å². The summed E-state index contributed by atoms with van der Waals surface area (Å²) in [6.45, 7) is 8.34. The van der Waals surface area contributed by atoms with Crippen molar-refractivity contribution < 1.29 is 24.6 Å². The molecule has 9 heteroatoms. The van der Waals surface area contributed by atoms with E-state index in [1.165, 1.54) is 17.7 Å².